The number of phosphoric acid groups is 1. The number of nitrogens with two attached hydrogens (primary N) is 2. The third-order valence-electron chi connectivity index (χ3n) is 20.4. The van der Waals surface area contributed by atoms with E-state index in [1.165, 1.54) is 11.1 Å². The molecule has 7 rings (SSSR count). The van der Waals surface area contributed by atoms with E-state index in [-0.39, 0.29) is 30.3 Å². The Morgan fingerprint density at radius 3 is 1.87 bits per heavy atom. The monoisotopic (exact) mass is 1600 g/mol. The molecule has 110 heavy (non-hydrogen) atoms. The summed E-state index contributed by atoms with van der Waals surface area (Å²) in [6.45, 7) is 17.0. The number of ether oxygens (including phenoxy) is 11. The second-order valence-corrected chi connectivity index (χ2v) is 31.5. The standard InChI is InChI=1S/C69H108N5O35P/c1-29(14-11-12-20-67(6,7)22-18-30(2)24-34-31(3)15-13-21-68(34,8)9)19-23-97-40(60(91)92)28-99-110(95,96)109-65-55(56(108-66(71)93)69(10,94)57(107-65)58(70)89)106-62-43(73-33(5)78)46(83)53(39(102-62)27-98-63-50(87)47(84)44(81)37(25-75)100-63)103-61-42(72-32(4)77)45(82)52(38(26-76)101-61)104-64-51(88)48(85)49(86)54(105-64)59(90)74-41-35(79)16-17-36(41)80/h12,19-20,34,37-40,42-57,61-65,75-76,79,81-88,94H,2-3,11,13-18,21-28H2,1,4-10H3,(H2,70,89)(H2,71,93)(H,72,77)(H,73,78)(H,74,90)(H,91,92)(H,95,96)/b20-12+,29-19+/t34?,37?,38?,39?,40?,42?,43-,44-,45+,46?,47-,48-,49+,50?,51?,52-,53-,54?,55?,56+,57?,61-,62-,63+,64+,65-,69-/m0/s1. The van der Waals surface area contributed by atoms with Crippen LogP contribution >= 0.6 is 7.82 Å². The van der Waals surface area contributed by atoms with Crippen molar-refractivity contribution in [2.75, 3.05) is 33.0 Å². The fraction of sp³-hybridized carbons (Fsp3) is 0.754. The number of allylic oxidation sites excluding steroid dienone is 7. The normalized spacial score (nSPS) is 37.3. The molecule has 28 atom stereocenters. The van der Waals surface area contributed by atoms with Crippen molar-refractivity contribution in [1.29, 1.82) is 0 Å². The number of carbonyl (C=O) groups excluding carboxylic acids is 6. The molecule has 7 aliphatic rings. The van der Waals surface area contributed by atoms with Crippen LogP contribution in [0, 0.1) is 16.7 Å². The zero-order valence-corrected chi connectivity index (χ0v) is 63.1. The van der Waals surface area contributed by atoms with E-state index in [9.17, 15) is 109 Å². The molecule has 13 unspecified atom stereocenters. The van der Waals surface area contributed by atoms with Crippen molar-refractivity contribution >= 4 is 49.3 Å². The Bertz CT molecular complexity index is 3390. The van der Waals surface area contributed by atoms with Crippen molar-refractivity contribution in [3.05, 3.63) is 59.6 Å². The highest BCUT2D eigenvalue weighted by Gasteiger charge is 2.63. The summed E-state index contributed by atoms with van der Waals surface area (Å²) < 4.78 is 88.6. The van der Waals surface area contributed by atoms with Crippen LogP contribution in [0.2, 0.25) is 0 Å². The number of aliphatic carboxylic acids is 1. The molecule has 0 aromatic rings. The highest BCUT2D eigenvalue weighted by molar-refractivity contribution is 7.47. The molecule has 5 amide bonds. The average Bonchev–Trinajstić information content (AvgIpc) is 0.908. The Balaban J connectivity index is 1.13. The number of ketones is 1. The molecule has 0 aromatic carbocycles. The minimum atomic E-state index is -5.87. The molecule has 40 nitrogen and oxygen atoms in total. The molecule has 624 valence electrons. The number of aliphatic hydroxyl groups excluding tert-OH is 11. The fourth-order valence-corrected chi connectivity index (χ4v) is 14.9. The van der Waals surface area contributed by atoms with Gasteiger partial charge in [-0.1, -0.05) is 75.8 Å². The molecule has 0 aromatic heterocycles. The number of hydrogen-bond acceptors (Lipinski definition) is 33. The smallest absolute Gasteiger partial charge is 0.474 e. The molecule has 5 heterocycles. The van der Waals surface area contributed by atoms with Crippen molar-refractivity contribution < 1.29 is 171 Å². The molecule has 5 aliphatic heterocycles. The topological polar surface area (TPSA) is 628 Å². The first kappa shape index (κ1) is 91.2. The van der Waals surface area contributed by atoms with Crippen LogP contribution in [0.5, 0.6) is 0 Å². The van der Waals surface area contributed by atoms with Crippen LogP contribution in [0.4, 0.5) is 4.79 Å². The van der Waals surface area contributed by atoms with Gasteiger partial charge >= 0.3 is 19.9 Å². The summed E-state index contributed by atoms with van der Waals surface area (Å²) in [7, 11) is -5.87. The largest absolute Gasteiger partial charge is 0.510 e. The van der Waals surface area contributed by atoms with Crippen LogP contribution in [0.1, 0.15) is 120 Å². The van der Waals surface area contributed by atoms with Gasteiger partial charge in [0, 0.05) is 26.7 Å². The number of primary amides is 2. The molecule has 0 bridgehead atoms. The zero-order chi connectivity index (χ0) is 82.0. The number of carboxylic acids is 1. The zero-order valence-electron chi connectivity index (χ0n) is 62.2. The Morgan fingerprint density at radius 2 is 1.31 bits per heavy atom. The van der Waals surface area contributed by atoms with Crippen LogP contribution in [-0.4, -0.2) is 305 Å². The highest BCUT2D eigenvalue weighted by Crippen LogP contribution is 2.50. The maximum atomic E-state index is 14.1. The second-order valence-electron chi connectivity index (χ2n) is 30.1. The first-order chi connectivity index (χ1) is 51.3. The van der Waals surface area contributed by atoms with Gasteiger partial charge in [0.25, 0.3) is 5.91 Å². The SMILES string of the molecule is C=C(CCC(C)(C)/C=C/CC/C(C)=C/COC(COP(=O)(O)O[C@@H]1OC(C(N)=O)[C@@](C)(O)[C@H](OC(N)=O)C1O[C@@H]1OC(CO[C@@H]2OC(CO)[C@H](O)[C@H](O)C2O)[C@H](O[C@@H]2OC(CO)[C@H](O[C@@H]3OC(C(=O)NC4=C(O)CCC4=O)[C@H](O)[C@H](O)C3O)[C@H](O)C2NC(C)=O)C(O)[C@@H]1NC(C)=O)C(=O)O)CC1C(=C)CCCC1(C)C. The molecular formula is C69H108N5O35P. The summed E-state index contributed by atoms with van der Waals surface area (Å²) in [6, 6.07) is -4.16. The lowest BCUT2D eigenvalue weighted by Gasteiger charge is -2.52. The summed E-state index contributed by atoms with van der Waals surface area (Å²) in [4.78, 5) is 102. The van der Waals surface area contributed by atoms with Gasteiger partial charge in [0.1, 0.15) is 108 Å². The number of nitrogens with one attached hydrogen (secondary N) is 3. The Labute approximate surface area is 633 Å². The van der Waals surface area contributed by atoms with Gasteiger partial charge in [-0.3, -0.25) is 33.0 Å². The Morgan fingerprint density at radius 1 is 0.736 bits per heavy atom. The molecule has 6 fully saturated rings. The van der Waals surface area contributed by atoms with E-state index in [0.717, 1.165) is 64.9 Å². The highest BCUT2D eigenvalue weighted by atomic mass is 31.2. The van der Waals surface area contributed by atoms with Crippen molar-refractivity contribution in [1.82, 2.24) is 16.0 Å². The molecular weight excluding hydrogens is 1490 g/mol. The van der Waals surface area contributed by atoms with Crippen molar-refractivity contribution in [3.63, 3.8) is 0 Å². The van der Waals surface area contributed by atoms with Gasteiger partial charge in [0.2, 0.25) is 17.7 Å². The molecule has 0 radical (unpaired) electrons. The van der Waals surface area contributed by atoms with Crippen LogP contribution in [0.25, 0.3) is 0 Å². The van der Waals surface area contributed by atoms with E-state index >= 15 is 0 Å². The summed E-state index contributed by atoms with van der Waals surface area (Å²) in [5.74, 6) is -7.48. The summed E-state index contributed by atoms with van der Waals surface area (Å²) in [5, 5.41) is 150. The van der Waals surface area contributed by atoms with Gasteiger partial charge < -0.3 is 151 Å². The van der Waals surface area contributed by atoms with Crippen molar-refractivity contribution in [3.8, 4) is 0 Å². The first-order valence-electron chi connectivity index (χ1n) is 35.8. The quantitative estimate of drug-likeness (QED) is 0.0218. The molecule has 21 N–H and O–H groups in total. The predicted molar refractivity (Wildman–Crippen MR) is 371 cm³/mol. The van der Waals surface area contributed by atoms with E-state index in [2.05, 4.69) is 62.9 Å². The number of rotatable bonds is 35. The van der Waals surface area contributed by atoms with E-state index < -0.39 is 246 Å². The summed E-state index contributed by atoms with van der Waals surface area (Å²) in [6.07, 6.45) is -40.2. The van der Waals surface area contributed by atoms with Crippen molar-refractivity contribution in [2.24, 2.45) is 28.2 Å². The van der Waals surface area contributed by atoms with E-state index in [1.807, 2.05) is 6.08 Å². The van der Waals surface area contributed by atoms with Crippen molar-refractivity contribution in [2.45, 2.75) is 279 Å². The third kappa shape index (κ3) is 23.2. The Hall–Kier alpha value is -5.94. The lowest BCUT2D eigenvalue weighted by molar-refractivity contribution is -0.376. The van der Waals surface area contributed by atoms with E-state index in [0.29, 0.717) is 18.8 Å². The Kier molecular flexibility index (Phi) is 32.3. The van der Waals surface area contributed by atoms with Crippen LogP contribution in [0.15, 0.2) is 59.6 Å². The van der Waals surface area contributed by atoms with E-state index in [1.54, 1.807) is 13.0 Å². The number of amides is 5. The van der Waals surface area contributed by atoms with Crippen LogP contribution in [0.3, 0.4) is 0 Å². The minimum Gasteiger partial charge on any atom is -0.510 e. The van der Waals surface area contributed by atoms with Gasteiger partial charge in [-0.25, -0.2) is 14.2 Å². The number of hydrogen-bond donors (Lipinski definition) is 19. The van der Waals surface area contributed by atoms with Crippen LogP contribution < -0.4 is 27.4 Å². The maximum absolute atomic E-state index is 14.1. The van der Waals surface area contributed by atoms with Gasteiger partial charge in [0.05, 0.1) is 33.0 Å². The number of carboxylic acid groups (broad SMARTS) is 1. The van der Waals surface area contributed by atoms with Gasteiger partial charge in [-0.05, 0) is 82.0 Å². The first-order valence-corrected chi connectivity index (χ1v) is 37.3. The molecule has 0 spiro atoms. The number of Topliss-reactive ketones (excluding diaryl/α,β-unsaturated/α-hetero) is 1. The average molecular weight is 1600 g/mol. The lowest BCUT2D eigenvalue weighted by Crippen LogP contribution is -2.72. The van der Waals surface area contributed by atoms with E-state index in [4.69, 9.17) is 72.6 Å². The second kappa shape index (κ2) is 38.9. The fourth-order valence-electron chi connectivity index (χ4n) is 14.0. The van der Waals surface area contributed by atoms with Gasteiger partial charge in [-0.15, -0.1) is 0 Å². The number of carbonyl (C=O) groups is 7. The van der Waals surface area contributed by atoms with Gasteiger partial charge in [-0.2, -0.15) is 0 Å². The van der Waals surface area contributed by atoms with Gasteiger partial charge in [0.15, 0.2) is 67.8 Å². The number of phosphoric ester groups is 1. The minimum absolute atomic E-state index is 0.151. The number of aliphatic hydroxyl groups is 12. The predicted octanol–water partition coefficient (Wildman–Crippen LogP) is -3.37. The molecule has 2 aliphatic carbocycles. The summed E-state index contributed by atoms with van der Waals surface area (Å²) >= 11 is 0. The molecule has 1 saturated carbocycles. The van der Waals surface area contributed by atoms with Crippen LogP contribution in [-0.2, 0) is 94.5 Å². The maximum Gasteiger partial charge on any atom is 0.474 e. The summed E-state index contributed by atoms with van der Waals surface area (Å²) in [5.41, 5.74) is 10.8. The third-order valence-corrected chi connectivity index (χ3v) is 21.3. The lowest BCUT2D eigenvalue weighted by atomic mass is 9.64. The molecule has 5 saturated heterocycles. The molecule has 41 heteroatoms.